The third kappa shape index (κ3) is 2.87. The van der Waals surface area contributed by atoms with Crippen LogP contribution in [0.3, 0.4) is 0 Å². The number of hydrogen-bond donors (Lipinski definition) is 1. The number of halogens is 2. The van der Waals surface area contributed by atoms with Crippen LogP contribution >= 0.6 is 22.6 Å². The van der Waals surface area contributed by atoms with Gasteiger partial charge in [0.1, 0.15) is 11.4 Å². The summed E-state index contributed by atoms with van der Waals surface area (Å²) in [5, 5.41) is 1.20. The van der Waals surface area contributed by atoms with E-state index in [9.17, 15) is 14.0 Å². The summed E-state index contributed by atoms with van der Waals surface area (Å²) in [5.41, 5.74) is 3.71. The molecular formula is C16H10FIN2O2. The Morgan fingerprint density at radius 2 is 1.64 bits per heavy atom. The number of benzene rings is 2. The van der Waals surface area contributed by atoms with E-state index in [2.05, 4.69) is 28.0 Å². The number of carbonyl (C=O) groups is 2. The Morgan fingerprint density at radius 1 is 1.00 bits per heavy atom. The Bertz CT molecular complexity index is 770. The maximum absolute atomic E-state index is 12.9. The minimum atomic E-state index is -0.479. The van der Waals surface area contributed by atoms with Gasteiger partial charge in [0.15, 0.2) is 0 Å². The summed E-state index contributed by atoms with van der Waals surface area (Å²) in [6, 6.07) is 12.8. The summed E-state index contributed by atoms with van der Waals surface area (Å²) in [4.78, 5) is 24.4. The van der Waals surface area contributed by atoms with E-state index < -0.39 is 11.8 Å². The third-order valence-electron chi connectivity index (χ3n) is 3.16. The second-order valence-electron chi connectivity index (χ2n) is 4.67. The summed E-state index contributed by atoms with van der Waals surface area (Å²) in [6.45, 7) is 0. The van der Waals surface area contributed by atoms with Crippen LogP contribution in [-0.4, -0.2) is 11.8 Å². The van der Waals surface area contributed by atoms with Crippen molar-refractivity contribution >= 4 is 46.2 Å². The Balaban J connectivity index is 1.91. The predicted octanol–water partition coefficient (Wildman–Crippen LogP) is 2.89. The number of hydrazine groups is 1. The van der Waals surface area contributed by atoms with Gasteiger partial charge in [-0.1, -0.05) is 12.1 Å². The van der Waals surface area contributed by atoms with Crippen LogP contribution in [-0.2, 0) is 9.59 Å². The van der Waals surface area contributed by atoms with Crippen LogP contribution in [0.1, 0.15) is 5.56 Å². The Kier molecular flexibility index (Phi) is 3.93. The van der Waals surface area contributed by atoms with E-state index in [1.165, 1.54) is 35.4 Å². The number of rotatable bonds is 2. The Morgan fingerprint density at radius 3 is 2.27 bits per heavy atom. The van der Waals surface area contributed by atoms with Gasteiger partial charge in [-0.15, -0.1) is 0 Å². The highest BCUT2D eigenvalue weighted by Gasteiger charge is 2.34. The fourth-order valence-electron chi connectivity index (χ4n) is 2.06. The summed E-state index contributed by atoms with van der Waals surface area (Å²) < 4.78 is 13.9. The average Bonchev–Trinajstić information content (AvgIpc) is 2.78. The highest BCUT2D eigenvalue weighted by atomic mass is 127. The molecule has 1 aliphatic heterocycles. The number of nitrogens with zero attached hydrogens (tertiary/aromatic N) is 1. The van der Waals surface area contributed by atoms with Crippen molar-refractivity contribution in [2.75, 3.05) is 5.01 Å². The molecule has 2 aromatic carbocycles. The number of nitrogens with one attached hydrogen (secondary N) is 1. The molecule has 0 aromatic heterocycles. The predicted molar refractivity (Wildman–Crippen MR) is 89.2 cm³/mol. The van der Waals surface area contributed by atoms with Crippen molar-refractivity contribution in [1.82, 2.24) is 5.43 Å². The van der Waals surface area contributed by atoms with Gasteiger partial charge in [0.2, 0.25) is 0 Å². The zero-order chi connectivity index (χ0) is 15.7. The second-order valence-corrected chi connectivity index (χ2v) is 5.91. The fraction of sp³-hybridized carbons (Fsp3) is 0. The van der Waals surface area contributed by atoms with Crippen LogP contribution in [0.4, 0.5) is 10.1 Å². The van der Waals surface area contributed by atoms with E-state index in [0.29, 0.717) is 11.3 Å². The first-order valence-corrected chi connectivity index (χ1v) is 7.51. The van der Waals surface area contributed by atoms with E-state index in [0.717, 1.165) is 3.57 Å². The highest BCUT2D eigenvalue weighted by molar-refractivity contribution is 14.1. The molecule has 1 saturated heterocycles. The molecule has 1 heterocycles. The fourth-order valence-corrected chi connectivity index (χ4v) is 2.41. The molecule has 0 radical (unpaired) electrons. The van der Waals surface area contributed by atoms with Crippen LogP contribution < -0.4 is 10.4 Å². The van der Waals surface area contributed by atoms with E-state index in [1.54, 1.807) is 12.1 Å². The molecule has 0 bridgehead atoms. The van der Waals surface area contributed by atoms with Crippen molar-refractivity contribution in [3.05, 3.63) is 69.1 Å². The maximum atomic E-state index is 12.9. The van der Waals surface area contributed by atoms with Crippen LogP contribution in [0.15, 0.2) is 54.1 Å². The molecule has 2 aromatic rings. The van der Waals surface area contributed by atoms with Gasteiger partial charge < -0.3 is 0 Å². The summed E-state index contributed by atoms with van der Waals surface area (Å²) in [5.74, 6) is -1.28. The molecule has 22 heavy (non-hydrogen) atoms. The van der Waals surface area contributed by atoms with Gasteiger partial charge in [0.05, 0.1) is 5.69 Å². The summed E-state index contributed by atoms with van der Waals surface area (Å²) >= 11 is 2.16. The van der Waals surface area contributed by atoms with Gasteiger partial charge in [-0.25, -0.2) is 9.40 Å². The number of anilines is 1. The molecule has 0 spiro atoms. The molecule has 1 aliphatic rings. The monoisotopic (exact) mass is 408 g/mol. The maximum Gasteiger partial charge on any atom is 0.282 e. The van der Waals surface area contributed by atoms with Crippen molar-refractivity contribution in [2.24, 2.45) is 0 Å². The first-order chi connectivity index (χ1) is 10.5. The zero-order valence-corrected chi connectivity index (χ0v) is 13.4. The van der Waals surface area contributed by atoms with E-state index in [-0.39, 0.29) is 11.4 Å². The Labute approximate surface area is 139 Å². The van der Waals surface area contributed by atoms with Crippen molar-refractivity contribution in [1.29, 1.82) is 0 Å². The zero-order valence-electron chi connectivity index (χ0n) is 11.2. The first kappa shape index (κ1) is 14.7. The lowest BCUT2D eigenvalue weighted by Gasteiger charge is -2.14. The molecule has 1 fully saturated rings. The lowest BCUT2D eigenvalue weighted by Crippen LogP contribution is -2.35. The van der Waals surface area contributed by atoms with Gasteiger partial charge >= 0.3 is 0 Å². The van der Waals surface area contributed by atoms with Crippen LogP contribution in [0.2, 0.25) is 0 Å². The van der Waals surface area contributed by atoms with E-state index in [4.69, 9.17) is 0 Å². The smallest absolute Gasteiger partial charge is 0.267 e. The molecule has 110 valence electrons. The molecule has 2 amide bonds. The van der Waals surface area contributed by atoms with Crippen LogP contribution in [0, 0.1) is 9.39 Å². The molecular weight excluding hydrogens is 398 g/mol. The molecule has 1 N–H and O–H groups in total. The molecule has 3 rings (SSSR count). The quantitative estimate of drug-likeness (QED) is 0.472. The van der Waals surface area contributed by atoms with Gasteiger partial charge in [0.25, 0.3) is 11.8 Å². The van der Waals surface area contributed by atoms with Crippen molar-refractivity contribution in [3.63, 3.8) is 0 Å². The van der Waals surface area contributed by atoms with Gasteiger partial charge in [-0.3, -0.25) is 15.0 Å². The van der Waals surface area contributed by atoms with Crippen molar-refractivity contribution in [3.8, 4) is 0 Å². The molecule has 4 nitrogen and oxygen atoms in total. The lowest BCUT2D eigenvalue weighted by molar-refractivity contribution is -0.117. The van der Waals surface area contributed by atoms with Gasteiger partial charge in [-0.2, -0.15) is 0 Å². The van der Waals surface area contributed by atoms with Crippen LogP contribution in [0.25, 0.3) is 6.08 Å². The summed E-state index contributed by atoms with van der Waals surface area (Å²) in [6.07, 6.45) is 1.45. The first-order valence-electron chi connectivity index (χ1n) is 6.43. The van der Waals surface area contributed by atoms with Crippen molar-refractivity contribution < 1.29 is 14.0 Å². The molecule has 6 heteroatoms. The van der Waals surface area contributed by atoms with Gasteiger partial charge in [-0.05, 0) is 70.6 Å². The largest absolute Gasteiger partial charge is 0.282 e. The van der Waals surface area contributed by atoms with Crippen LogP contribution in [0.5, 0.6) is 0 Å². The van der Waals surface area contributed by atoms with E-state index >= 15 is 0 Å². The second kappa shape index (κ2) is 5.88. The van der Waals surface area contributed by atoms with Crippen molar-refractivity contribution in [2.45, 2.75) is 0 Å². The third-order valence-corrected chi connectivity index (χ3v) is 3.88. The minimum absolute atomic E-state index is 0.0187. The van der Waals surface area contributed by atoms with E-state index in [1.807, 2.05) is 12.1 Å². The van der Waals surface area contributed by atoms with Gasteiger partial charge in [0, 0.05) is 3.57 Å². The standard InChI is InChI=1S/C16H10FIN2O2/c17-11-3-1-10(2-4-11)9-14-15(21)19-20(16(14)22)13-7-5-12(18)6-8-13/h1-9H,(H,19,21)/b14-9-. The minimum Gasteiger partial charge on any atom is -0.267 e. The SMILES string of the molecule is O=C1NN(c2ccc(I)cc2)C(=O)/C1=C\c1ccc(F)cc1. The topological polar surface area (TPSA) is 49.4 Å². The Hall–Kier alpha value is -2.22. The lowest BCUT2D eigenvalue weighted by atomic mass is 10.1. The number of amides is 2. The summed E-state index contributed by atoms with van der Waals surface area (Å²) in [7, 11) is 0. The molecule has 0 unspecified atom stereocenters. The normalized spacial score (nSPS) is 16.3. The average molecular weight is 408 g/mol. The molecule has 0 atom stereocenters. The molecule has 0 saturated carbocycles. The highest BCUT2D eigenvalue weighted by Crippen LogP contribution is 2.22. The number of carbonyl (C=O) groups excluding carboxylic acids is 2. The molecule has 0 aliphatic carbocycles. The number of hydrogen-bond acceptors (Lipinski definition) is 2.